The van der Waals surface area contributed by atoms with Crippen LogP contribution >= 0.6 is 24.8 Å². The molecule has 1 N–H and O–H groups in total. The molecule has 110 valence electrons. The van der Waals surface area contributed by atoms with E-state index < -0.39 is 0 Å². The third-order valence-corrected chi connectivity index (χ3v) is 4.02. The topological polar surface area (TPSA) is 24.9 Å². The van der Waals surface area contributed by atoms with Crippen LogP contribution in [0, 0.1) is 12.8 Å². The number of halogens is 2. The molecule has 2 heterocycles. The van der Waals surface area contributed by atoms with Crippen molar-refractivity contribution in [3.63, 3.8) is 0 Å². The molecule has 1 saturated heterocycles. The summed E-state index contributed by atoms with van der Waals surface area (Å²) >= 11 is 0. The summed E-state index contributed by atoms with van der Waals surface area (Å²) in [7, 11) is 0. The molecule has 0 bridgehead atoms. The number of pyridine rings is 1. The fraction of sp³-hybridized carbons (Fsp3) is 0.438. The van der Waals surface area contributed by atoms with Crippen molar-refractivity contribution in [3.8, 4) is 0 Å². The lowest BCUT2D eigenvalue weighted by Crippen LogP contribution is -2.33. The van der Waals surface area contributed by atoms with E-state index in [9.17, 15) is 0 Å². The molecular formula is C16H22Cl2N2. The molecule has 2 nitrogen and oxygen atoms in total. The first-order valence-corrected chi connectivity index (χ1v) is 6.80. The predicted molar refractivity (Wildman–Crippen MR) is 90.4 cm³/mol. The summed E-state index contributed by atoms with van der Waals surface area (Å²) in [6.45, 7) is 6.71. The zero-order valence-electron chi connectivity index (χ0n) is 11.9. The van der Waals surface area contributed by atoms with Crippen molar-refractivity contribution < 1.29 is 0 Å². The highest BCUT2D eigenvalue weighted by Crippen LogP contribution is 2.32. The average molecular weight is 313 g/mol. The number of benzene rings is 1. The van der Waals surface area contributed by atoms with Crippen molar-refractivity contribution in [1.29, 1.82) is 0 Å². The molecule has 3 rings (SSSR count). The molecule has 1 aliphatic rings. The fourth-order valence-corrected chi connectivity index (χ4v) is 3.09. The lowest BCUT2D eigenvalue weighted by atomic mass is 9.84. The molecule has 0 radical (unpaired) electrons. The van der Waals surface area contributed by atoms with E-state index in [1.165, 1.54) is 22.9 Å². The Morgan fingerprint density at radius 1 is 1.15 bits per heavy atom. The summed E-state index contributed by atoms with van der Waals surface area (Å²) < 4.78 is 0. The van der Waals surface area contributed by atoms with E-state index in [0.717, 1.165) is 24.5 Å². The van der Waals surface area contributed by atoms with Gasteiger partial charge in [-0.3, -0.25) is 4.98 Å². The van der Waals surface area contributed by atoms with Gasteiger partial charge >= 0.3 is 0 Å². The Bertz CT molecular complexity index is 571. The Hall–Kier alpha value is -0.830. The van der Waals surface area contributed by atoms with Crippen LogP contribution in [0.25, 0.3) is 10.9 Å². The number of piperidine rings is 1. The first-order chi connectivity index (χ1) is 8.75. The van der Waals surface area contributed by atoms with Crippen LogP contribution in [-0.4, -0.2) is 18.1 Å². The number of hydrogen-bond donors (Lipinski definition) is 1. The van der Waals surface area contributed by atoms with Gasteiger partial charge in [0.15, 0.2) is 0 Å². The molecule has 1 fully saturated rings. The lowest BCUT2D eigenvalue weighted by Gasteiger charge is -2.29. The van der Waals surface area contributed by atoms with Gasteiger partial charge < -0.3 is 5.32 Å². The van der Waals surface area contributed by atoms with Gasteiger partial charge in [-0.2, -0.15) is 0 Å². The van der Waals surface area contributed by atoms with Crippen LogP contribution in [0.3, 0.4) is 0 Å². The van der Waals surface area contributed by atoms with E-state index in [4.69, 9.17) is 0 Å². The highest BCUT2D eigenvalue weighted by Gasteiger charge is 2.21. The number of hydrogen-bond acceptors (Lipinski definition) is 2. The second-order valence-corrected chi connectivity index (χ2v) is 5.57. The van der Waals surface area contributed by atoms with Gasteiger partial charge in [0.25, 0.3) is 0 Å². The van der Waals surface area contributed by atoms with Gasteiger partial charge in [-0.1, -0.05) is 25.1 Å². The van der Waals surface area contributed by atoms with Crippen LogP contribution < -0.4 is 5.32 Å². The maximum atomic E-state index is 4.53. The third kappa shape index (κ3) is 3.25. The van der Waals surface area contributed by atoms with Gasteiger partial charge in [0.05, 0.1) is 5.52 Å². The number of aryl methyl sites for hydroxylation is 1. The lowest BCUT2D eigenvalue weighted by molar-refractivity contribution is 0.365. The Balaban J connectivity index is 0.000001000. The van der Waals surface area contributed by atoms with E-state index in [2.05, 4.69) is 42.3 Å². The standard InChI is InChI=1S/C16H20N2.2ClH/c1-11-8-13(10-17-9-11)14-6-5-12(2)16-15(14)4-3-7-18-16;;/h3-7,11,13,17H,8-10H2,1-2H3;2*1H. The molecular weight excluding hydrogens is 291 g/mol. The number of fused-ring (bicyclic) bond motifs is 1. The molecule has 1 aliphatic heterocycles. The van der Waals surface area contributed by atoms with Crippen molar-refractivity contribution in [2.75, 3.05) is 13.1 Å². The van der Waals surface area contributed by atoms with Crippen LogP contribution in [0.15, 0.2) is 30.5 Å². The Morgan fingerprint density at radius 2 is 1.95 bits per heavy atom. The highest BCUT2D eigenvalue weighted by atomic mass is 35.5. The van der Waals surface area contributed by atoms with E-state index >= 15 is 0 Å². The maximum Gasteiger partial charge on any atom is 0.0733 e. The normalized spacial score (nSPS) is 21.9. The highest BCUT2D eigenvalue weighted by molar-refractivity contribution is 5.86. The SMILES string of the molecule is Cc1ccc(C2CNCC(C)C2)c2cccnc12.Cl.Cl. The van der Waals surface area contributed by atoms with Gasteiger partial charge in [-0.25, -0.2) is 0 Å². The molecule has 1 aromatic heterocycles. The van der Waals surface area contributed by atoms with Crippen LogP contribution in [0.2, 0.25) is 0 Å². The van der Waals surface area contributed by atoms with Gasteiger partial charge in [0.2, 0.25) is 0 Å². The van der Waals surface area contributed by atoms with Gasteiger partial charge in [0.1, 0.15) is 0 Å². The van der Waals surface area contributed by atoms with Crippen molar-refractivity contribution in [1.82, 2.24) is 10.3 Å². The average Bonchev–Trinajstić information content (AvgIpc) is 2.39. The summed E-state index contributed by atoms with van der Waals surface area (Å²) in [6, 6.07) is 8.77. The molecule has 2 atom stereocenters. The molecule has 2 unspecified atom stereocenters. The number of nitrogens with zero attached hydrogens (tertiary/aromatic N) is 1. The zero-order chi connectivity index (χ0) is 12.5. The smallest absolute Gasteiger partial charge is 0.0733 e. The second kappa shape index (κ2) is 7.26. The summed E-state index contributed by atoms with van der Waals surface area (Å²) in [6.07, 6.45) is 3.17. The summed E-state index contributed by atoms with van der Waals surface area (Å²) in [5.41, 5.74) is 3.89. The van der Waals surface area contributed by atoms with Gasteiger partial charge in [-0.05, 0) is 48.9 Å². The molecule has 0 aliphatic carbocycles. The van der Waals surface area contributed by atoms with Gasteiger partial charge in [-0.15, -0.1) is 24.8 Å². The number of rotatable bonds is 1. The minimum Gasteiger partial charge on any atom is -0.316 e. The molecule has 0 amide bonds. The molecule has 4 heteroatoms. The van der Waals surface area contributed by atoms with Crippen molar-refractivity contribution in [3.05, 3.63) is 41.6 Å². The molecule has 0 saturated carbocycles. The van der Waals surface area contributed by atoms with Crippen LogP contribution in [0.1, 0.15) is 30.4 Å². The second-order valence-electron chi connectivity index (χ2n) is 5.57. The minimum absolute atomic E-state index is 0. The fourth-order valence-electron chi connectivity index (χ4n) is 3.09. The molecule has 1 aromatic carbocycles. The third-order valence-electron chi connectivity index (χ3n) is 4.02. The van der Waals surface area contributed by atoms with Crippen LogP contribution in [0.4, 0.5) is 0 Å². The monoisotopic (exact) mass is 312 g/mol. The van der Waals surface area contributed by atoms with E-state index in [1.54, 1.807) is 0 Å². The zero-order valence-corrected chi connectivity index (χ0v) is 13.6. The van der Waals surface area contributed by atoms with Crippen molar-refractivity contribution >= 4 is 35.7 Å². The van der Waals surface area contributed by atoms with E-state index in [0.29, 0.717) is 5.92 Å². The summed E-state index contributed by atoms with van der Waals surface area (Å²) in [5.74, 6) is 1.39. The molecule has 2 aromatic rings. The first-order valence-electron chi connectivity index (χ1n) is 6.80. The first kappa shape index (κ1) is 17.2. The minimum atomic E-state index is 0. The van der Waals surface area contributed by atoms with Crippen molar-refractivity contribution in [2.24, 2.45) is 5.92 Å². The van der Waals surface area contributed by atoms with Crippen LogP contribution in [0.5, 0.6) is 0 Å². The molecule has 20 heavy (non-hydrogen) atoms. The summed E-state index contributed by atoms with van der Waals surface area (Å²) in [4.78, 5) is 4.53. The van der Waals surface area contributed by atoms with Crippen LogP contribution in [-0.2, 0) is 0 Å². The Labute approximate surface area is 133 Å². The predicted octanol–water partition coefficient (Wildman–Crippen LogP) is 4.10. The molecule has 0 spiro atoms. The van der Waals surface area contributed by atoms with Crippen molar-refractivity contribution in [2.45, 2.75) is 26.2 Å². The quantitative estimate of drug-likeness (QED) is 0.857. The Kier molecular flexibility index (Phi) is 6.25. The Morgan fingerprint density at radius 3 is 2.70 bits per heavy atom. The van der Waals surface area contributed by atoms with E-state index in [-0.39, 0.29) is 24.8 Å². The largest absolute Gasteiger partial charge is 0.316 e. The summed E-state index contributed by atoms with van der Waals surface area (Å²) in [5, 5.41) is 4.87. The van der Waals surface area contributed by atoms with E-state index in [1.807, 2.05) is 12.3 Å². The number of aromatic nitrogens is 1. The maximum absolute atomic E-state index is 4.53. The van der Waals surface area contributed by atoms with Gasteiger partial charge in [0, 0.05) is 18.1 Å². The number of nitrogens with one attached hydrogen (secondary N) is 1.